The van der Waals surface area contributed by atoms with Gasteiger partial charge in [0, 0.05) is 0 Å². The van der Waals surface area contributed by atoms with Crippen molar-refractivity contribution in [3.63, 3.8) is 0 Å². The van der Waals surface area contributed by atoms with Crippen molar-refractivity contribution in [3.05, 3.63) is 0 Å². The molecule has 0 N–H and O–H groups in total. The van der Waals surface area contributed by atoms with Crippen LogP contribution in [0, 0.1) is 0 Å². The third-order valence-corrected chi connectivity index (χ3v) is 1.90. The molecule has 0 saturated carbocycles. The van der Waals surface area contributed by atoms with Crippen LogP contribution in [0.15, 0.2) is 0 Å². The summed E-state index contributed by atoms with van der Waals surface area (Å²) in [5.74, 6) is 0. The van der Waals surface area contributed by atoms with Gasteiger partial charge in [0.2, 0.25) is 0 Å². The predicted molar refractivity (Wildman–Crippen MR) is 39.7 cm³/mol. The van der Waals surface area contributed by atoms with Crippen LogP contribution >= 0.6 is 24.0 Å². The van der Waals surface area contributed by atoms with Crippen LogP contribution in [0.2, 0.25) is 5.02 Å². The molecule has 0 aromatic rings. The number of halogens is 1. The minimum Gasteiger partial charge on any atom is -0.107 e. The van der Waals surface area contributed by atoms with Gasteiger partial charge >= 0.3 is 49.5 Å². The van der Waals surface area contributed by atoms with Crippen molar-refractivity contribution in [2.75, 3.05) is 0 Å². The molecule has 41 valence electrons. The fourth-order valence-corrected chi connectivity index (χ4v) is 1.17. The van der Waals surface area contributed by atoms with E-state index in [-0.39, 0.29) is 24.0 Å². The van der Waals surface area contributed by atoms with Gasteiger partial charge in [-0.25, -0.2) is 0 Å². The van der Waals surface area contributed by atoms with E-state index in [2.05, 4.69) is 6.92 Å². The average Bonchev–Trinajstić information content (AvgIpc) is 1.61. The molecule has 0 aromatic heterocycles. The Hall–Kier alpha value is 1.35. The molecule has 0 amide bonds. The maximum absolute atomic E-state index is 2.25. The number of rotatable bonds is 3. The van der Waals surface area contributed by atoms with Crippen LogP contribution < -0.4 is 0 Å². The smallest absolute Gasteiger partial charge is 0.107 e. The number of hydrogen-bond acceptors (Lipinski definition) is 0. The Morgan fingerprint density at radius 2 is 1.86 bits per heavy atom. The molecule has 0 radical (unpaired) electrons. The fourth-order valence-electron chi connectivity index (χ4n) is 0.427. The minimum atomic E-state index is 0. The zero-order valence-electron chi connectivity index (χ0n) is 4.94. The van der Waals surface area contributed by atoms with Crippen LogP contribution in [-0.2, 0) is 18.3 Å². The van der Waals surface area contributed by atoms with Crippen LogP contribution in [0.5, 0.6) is 0 Å². The molecule has 0 bridgehead atoms. The summed E-state index contributed by atoms with van der Waals surface area (Å²) in [5, 5.41) is 1.48. The first-order valence-corrected chi connectivity index (χ1v) is 4.81. The molecule has 0 spiro atoms. The Kier molecular flexibility index (Phi) is 16.6. The van der Waals surface area contributed by atoms with E-state index < -0.39 is 0 Å². The van der Waals surface area contributed by atoms with Crippen LogP contribution in [0.4, 0.5) is 0 Å². The molecular weight excluding hydrogens is 252 g/mol. The third-order valence-electron chi connectivity index (χ3n) is 0.854. The summed E-state index contributed by atoms with van der Waals surface area (Å²) in [7, 11) is 0. The van der Waals surface area contributed by atoms with Crippen molar-refractivity contribution < 1.29 is 18.3 Å². The van der Waals surface area contributed by atoms with Crippen molar-refractivity contribution in [1.82, 2.24) is 0 Å². The Labute approximate surface area is 73.1 Å². The summed E-state index contributed by atoms with van der Waals surface area (Å²) < 4.78 is 0. The fraction of sp³-hybridized carbons (Fsp3) is 1.00. The van der Waals surface area contributed by atoms with Gasteiger partial charge in [-0.15, -0.1) is 24.0 Å². The summed E-state index contributed by atoms with van der Waals surface area (Å²) in [6.07, 6.45) is 4.29. The van der Waals surface area contributed by atoms with Gasteiger partial charge in [0.05, 0.1) is 0 Å². The molecule has 0 rings (SSSR count). The molecule has 0 heterocycles. The number of unbranched alkanes of at least 4 members (excludes halogenated alkanes) is 2. The van der Waals surface area contributed by atoms with Crippen molar-refractivity contribution in [1.29, 1.82) is 0 Å². The molecule has 2 heteroatoms. The first-order valence-electron chi connectivity index (χ1n) is 2.71. The molecule has 0 aliphatic heterocycles. The molecule has 0 atom stereocenters. The summed E-state index contributed by atoms with van der Waals surface area (Å²) in [5.41, 5.74) is 0. The summed E-state index contributed by atoms with van der Waals surface area (Å²) >= 11 is 1.49. The van der Waals surface area contributed by atoms with Crippen molar-refractivity contribution in [3.8, 4) is 0 Å². The Bertz CT molecular complexity index is 20.0. The molecule has 0 unspecified atom stereocenters. The Morgan fingerprint density at radius 1 is 1.29 bits per heavy atom. The second-order valence-electron chi connectivity index (χ2n) is 1.56. The zero-order valence-corrected chi connectivity index (χ0v) is 10.2. The van der Waals surface area contributed by atoms with E-state index in [1.54, 1.807) is 0 Å². The quantitative estimate of drug-likeness (QED) is 0.418. The average molecular weight is 264 g/mol. The van der Waals surface area contributed by atoms with Gasteiger partial charge in [-0.1, -0.05) is 0 Å². The van der Waals surface area contributed by atoms with Crippen LogP contribution in [-0.4, -0.2) is 0 Å². The number of hydrogen-bond donors (Lipinski definition) is 0. The van der Waals surface area contributed by atoms with E-state index in [0.29, 0.717) is 0 Å². The second kappa shape index (κ2) is 10.4. The van der Waals surface area contributed by atoms with E-state index in [0.717, 1.165) is 0 Å². The summed E-state index contributed by atoms with van der Waals surface area (Å²) in [6.45, 7) is 2.25. The molecular formula is C5H12IZn. The Balaban J connectivity index is 0. The largest absolute Gasteiger partial charge is 0.107 e. The molecule has 0 aromatic carbocycles. The topological polar surface area (TPSA) is 0 Å². The van der Waals surface area contributed by atoms with Crippen molar-refractivity contribution >= 4 is 24.0 Å². The van der Waals surface area contributed by atoms with E-state index in [1.165, 1.54) is 42.6 Å². The maximum atomic E-state index is 2.25. The molecule has 0 fully saturated rings. The zero-order chi connectivity index (χ0) is 4.83. The van der Waals surface area contributed by atoms with Gasteiger partial charge in [-0.2, -0.15) is 0 Å². The molecule has 0 aliphatic rings. The van der Waals surface area contributed by atoms with E-state index in [9.17, 15) is 0 Å². The van der Waals surface area contributed by atoms with Crippen molar-refractivity contribution in [2.45, 2.75) is 31.2 Å². The first-order chi connectivity index (χ1) is 2.91. The molecule has 0 saturated heterocycles. The van der Waals surface area contributed by atoms with Crippen LogP contribution in [0.1, 0.15) is 26.2 Å². The predicted octanol–water partition coefficient (Wildman–Crippen LogP) is 2.76. The van der Waals surface area contributed by atoms with E-state index in [1.807, 2.05) is 0 Å². The van der Waals surface area contributed by atoms with Crippen LogP contribution in [0.25, 0.3) is 0 Å². The third kappa shape index (κ3) is 11.1. The van der Waals surface area contributed by atoms with E-state index in [4.69, 9.17) is 0 Å². The van der Waals surface area contributed by atoms with Gasteiger partial charge in [0.25, 0.3) is 0 Å². The second-order valence-corrected chi connectivity index (χ2v) is 3.04. The minimum absolute atomic E-state index is 0. The van der Waals surface area contributed by atoms with Gasteiger partial charge in [-0.05, 0) is 0 Å². The molecule has 0 nitrogen and oxygen atoms in total. The van der Waals surface area contributed by atoms with Gasteiger partial charge in [0.15, 0.2) is 0 Å². The summed E-state index contributed by atoms with van der Waals surface area (Å²) in [4.78, 5) is 0. The standard InChI is InChI=1S/C5H11.HI.Zn/c1-3-5-4-2;;/h1,3-5H2,2H3;1H;. The normalized spacial score (nSPS) is 7.86. The van der Waals surface area contributed by atoms with Crippen LogP contribution in [0.3, 0.4) is 0 Å². The van der Waals surface area contributed by atoms with Gasteiger partial charge in [-0.3, -0.25) is 0 Å². The maximum Gasteiger partial charge on any atom is -0.107 e. The van der Waals surface area contributed by atoms with Gasteiger partial charge < -0.3 is 0 Å². The first kappa shape index (κ1) is 11.2. The van der Waals surface area contributed by atoms with E-state index >= 15 is 0 Å². The van der Waals surface area contributed by atoms with Gasteiger partial charge in [0.1, 0.15) is 0 Å². The SMILES string of the molecule is CCCC[CH2][Zn].I. The monoisotopic (exact) mass is 263 g/mol. The Morgan fingerprint density at radius 3 is 2.00 bits per heavy atom. The van der Waals surface area contributed by atoms with Crippen molar-refractivity contribution in [2.24, 2.45) is 0 Å². The molecule has 0 aliphatic carbocycles. The summed E-state index contributed by atoms with van der Waals surface area (Å²) in [6, 6.07) is 0. The molecule has 7 heavy (non-hydrogen) atoms.